The minimum Gasteiger partial charge on any atom is -0.481 e. The number of benzene rings is 3. The smallest absolute Gasteiger partial charge is 0.303 e. The van der Waals surface area contributed by atoms with E-state index in [-0.39, 0.29) is 31.2 Å². The first-order chi connectivity index (χ1) is 16.9. The van der Waals surface area contributed by atoms with Crippen LogP contribution in [0.3, 0.4) is 0 Å². The van der Waals surface area contributed by atoms with Gasteiger partial charge in [-0.1, -0.05) is 40.2 Å². The van der Waals surface area contributed by atoms with Gasteiger partial charge in [0.2, 0.25) is 0 Å². The van der Waals surface area contributed by atoms with Crippen LogP contribution in [0, 0.1) is 0 Å². The monoisotopic (exact) mass is 535 g/mol. The van der Waals surface area contributed by atoms with E-state index in [4.69, 9.17) is 5.11 Å². The molecule has 1 N–H and O–H groups in total. The first-order valence-electron chi connectivity index (χ1n) is 11.8. The number of carboxylic acid groups (broad SMARTS) is 1. The summed E-state index contributed by atoms with van der Waals surface area (Å²) in [4.78, 5) is 43.1. The molecule has 2 aliphatic rings. The van der Waals surface area contributed by atoms with Crippen LogP contribution in [0.2, 0.25) is 0 Å². The Morgan fingerprint density at radius 1 is 0.886 bits per heavy atom. The highest BCUT2D eigenvalue weighted by atomic mass is 79.9. The quantitative estimate of drug-likeness (QED) is 0.452. The molecule has 0 spiro atoms. The van der Waals surface area contributed by atoms with E-state index in [0.29, 0.717) is 16.5 Å². The van der Waals surface area contributed by atoms with E-state index in [2.05, 4.69) is 50.0 Å². The van der Waals surface area contributed by atoms with Gasteiger partial charge in [-0.15, -0.1) is 0 Å². The lowest BCUT2D eigenvalue weighted by molar-refractivity contribution is -0.137. The maximum absolute atomic E-state index is 13.1. The molecule has 2 aliphatic heterocycles. The molecule has 1 fully saturated rings. The van der Waals surface area contributed by atoms with Gasteiger partial charge in [0.25, 0.3) is 11.8 Å². The molecule has 0 aliphatic carbocycles. The van der Waals surface area contributed by atoms with Gasteiger partial charge in [-0.2, -0.15) is 0 Å². The van der Waals surface area contributed by atoms with E-state index in [9.17, 15) is 14.4 Å². The van der Waals surface area contributed by atoms with E-state index in [1.165, 1.54) is 10.5 Å². The molecule has 0 saturated carbocycles. The molecule has 0 bridgehead atoms. The van der Waals surface area contributed by atoms with Crippen LogP contribution in [0.4, 0.5) is 5.69 Å². The van der Waals surface area contributed by atoms with Gasteiger partial charge >= 0.3 is 5.97 Å². The number of amides is 2. The summed E-state index contributed by atoms with van der Waals surface area (Å²) in [5, 5.41) is 10.5. The van der Waals surface area contributed by atoms with Crippen LogP contribution >= 0.6 is 15.9 Å². The van der Waals surface area contributed by atoms with Crippen LogP contribution in [0.1, 0.15) is 39.1 Å². The summed E-state index contributed by atoms with van der Waals surface area (Å²) in [6.45, 7) is 4.58. The molecule has 3 aromatic carbocycles. The molecule has 8 heteroatoms. The van der Waals surface area contributed by atoms with Crippen molar-refractivity contribution in [1.82, 2.24) is 9.80 Å². The minimum atomic E-state index is -0.939. The van der Waals surface area contributed by atoms with Crippen molar-refractivity contribution in [3.05, 3.63) is 75.8 Å². The highest BCUT2D eigenvalue weighted by Crippen LogP contribution is 2.36. The Morgan fingerprint density at radius 3 is 2.26 bits per heavy atom. The normalized spacial score (nSPS) is 16.3. The second-order valence-corrected chi connectivity index (χ2v) is 9.92. The summed E-state index contributed by atoms with van der Waals surface area (Å²) in [5.74, 6) is -1.64. The lowest BCUT2D eigenvalue weighted by Gasteiger charge is -2.37. The average molecular weight is 536 g/mol. The summed E-state index contributed by atoms with van der Waals surface area (Å²) >= 11 is 3.48. The predicted octanol–water partition coefficient (Wildman–Crippen LogP) is 4.39. The molecule has 0 atom stereocenters. The minimum absolute atomic E-state index is 0.0825. The van der Waals surface area contributed by atoms with E-state index < -0.39 is 5.97 Å². The Labute approximate surface area is 212 Å². The number of imide groups is 1. The van der Waals surface area contributed by atoms with Crippen molar-refractivity contribution in [2.24, 2.45) is 0 Å². The third kappa shape index (κ3) is 4.68. The highest BCUT2D eigenvalue weighted by Gasteiger charge is 2.33. The number of hydrogen-bond donors (Lipinski definition) is 1. The molecule has 0 aromatic heterocycles. The number of aliphatic carboxylic acids is 1. The van der Waals surface area contributed by atoms with Crippen molar-refractivity contribution in [2.45, 2.75) is 19.4 Å². The Morgan fingerprint density at radius 2 is 1.57 bits per heavy atom. The van der Waals surface area contributed by atoms with Crippen molar-refractivity contribution in [3.8, 4) is 0 Å². The van der Waals surface area contributed by atoms with Crippen molar-refractivity contribution in [3.63, 3.8) is 0 Å². The van der Waals surface area contributed by atoms with Crippen LogP contribution in [0.15, 0.2) is 59.1 Å². The summed E-state index contributed by atoms with van der Waals surface area (Å²) < 4.78 is 1.08. The molecule has 2 amide bonds. The molecular weight excluding hydrogens is 510 g/mol. The number of anilines is 1. The van der Waals surface area contributed by atoms with Crippen molar-refractivity contribution >= 4 is 50.2 Å². The molecule has 0 radical (unpaired) electrons. The Hall–Kier alpha value is -3.23. The van der Waals surface area contributed by atoms with Crippen LogP contribution in [0.25, 0.3) is 10.8 Å². The zero-order valence-electron chi connectivity index (χ0n) is 19.2. The van der Waals surface area contributed by atoms with Gasteiger partial charge in [0, 0.05) is 77.7 Å². The fourth-order valence-electron chi connectivity index (χ4n) is 4.99. The molecule has 1 saturated heterocycles. The Bertz CT molecular complexity index is 1280. The highest BCUT2D eigenvalue weighted by molar-refractivity contribution is 9.10. The van der Waals surface area contributed by atoms with Gasteiger partial charge in [-0.3, -0.25) is 24.2 Å². The van der Waals surface area contributed by atoms with Crippen LogP contribution in [-0.4, -0.2) is 65.4 Å². The number of halogens is 1. The third-order valence-corrected chi connectivity index (χ3v) is 7.30. The number of carbonyl (C=O) groups is 3. The zero-order valence-corrected chi connectivity index (χ0v) is 20.8. The maximum atomic E-state index is 13.1. The number of carbonyl (C=O) groups excluding carboxylic acids is 2. The van der Waals surface area contributed by atoms with Crippen molar-refractivity contribution in [2.75, 3.05) is 37.6 Å². The third-order valence-electron chi connectivity index (χ3n) is 6.77. The first kappa shape index (κ1) is 23.5. The molecule has 3 aromatic rings. The topological polar surface area (TPSA) is 81.2 Å². The number of rotatable bonds is 7. The first-order valence-corrected chi connectivity index (χ1v) is 12.6. The van der Waals surface area contributed by atoms with Crippen LogP contribution in [0.5, 0.6) is 0 Å². The Balaban J connectivity index is 1.36. The number of carboxylic acids is 1. The van der Waals surface area contributed by atoms with Crippen LogP contribution < -0.4 is 4.90 Å². The molecule has 180 valence electrons. The summed E-state index contributed by atoms with van der Waals surface area (Å²) in [7, 11) is 0. The number of nitrogens with zero attached hydrogens (tertiary/aromatic N) is 3. The van der Waals surface area contributed by atoms with Gasteiger partial charge in [0.1, 0.15) is 0 Å². The second kappa shape index (κ2) is 9.79. The van der Waals surface area contributed by atoms with Crippen LogP contribution in [-0.2, 0) is 11.3 Å². The van der Waals surface area contributed by atoms with E-state index in [1.54, 1.807) is 6.07 Å². The van der Waals surface area contributed by atoms with Gasteiger partial charge < -0.3 is 10.0 Å². The van der Waals surface area contributed by atoms with E-state index in [1.807, 2.05) is 24.3 Å². The number of hydrogen-bond acceptors (Lipinski definition) is 5. The van der Waals surface area contributed by atoms with Gasteiger partial charge in [0.15, 0.2) is 0 Å². The lowest BCUT2D eigenvalue weighted by atomic mass is 9.92. The SMILES string of the molecule is O=C(O)CCCN1C(=O)c2cccc3c(N4CCN(Cc5ccc(Br)cc5)CC4)ccc(c23)C1=O. The molecular formula is C27H26BrN3O4. The largest absolute Gasteiger partial charge is 0.481 e. The summed E-state index contributed by atoms with van der Waals surface area (Å²) in [5.41, 5.74) is 3.33. The van der Waals surface area contributed by atoms with Gasteiger partial charge in [0.05, 0.1) is 0 Å². The second-order valence-electron chi connectivity index (χ2n) is 9.01. The fraction of sp³-hybridized carbons (Fsp3) is 0.296. The summed E-state index contributed by atoms with van der Waals surface area (Å²) in [6.07, 6.45) is 0.154. The lowest BCUT2D eigenvalue weighted by Crippen LogP contribution is -2.46. The molecule has 0 unspecified atom stereocenters. The number of piperazine rings is 1. The zero-order chi connectivity index (χ0) is 24.5. The average Bonchev–Trinajstić information content (AvgIpc) is 2.86. The Kier molecular flexibility index (Phi) is 6.58. The molecule has 5 rings (SSSR count). The maximum Gasteiger partial charge on any atom is 0.303 e. The van der Waals surface area contributed by atoms with Crippen molar-refractivity contribution in [1.29, 1.82) is 0 Å². The van der Waals surface area contributed by atoms with E-state index >= 15 is 0 Å². The summed E-state index contributed by atoms with van der Waals surface area (Å²) in [6, 6.07) is 17.8. The standard InChI is InChI=1S/C27H26BrN3O4/c28-19-8-6-18(7-9-19)17-29-13-15-30(16-14-29)23-11-10-22-25-20(23)3-1-4-21(25)26(34)31(27(22)35)12-2-5-24(32)33/h1,3-4,6-11H,2,5,12-17H2,(H,32,33). The van der Waals surface area contributed by atoms with Gasteiger partial charge in [-0.25, -0.2) is 0 Å². The molecule has 2 heterocycles. The fourth-order valence-corrected chi connectivity index (χ4v) is 5.26. The van der Waals surface area contributed by atoms with Crippen molar-refractivity contribution < 1.29 is 19.5 Å². The molecule has 7 nitrogen and oxygen atoms in total. The van der Waals surface area contributed by atoms with E-state index in [0.717, 1.165) is 48.3 Å². The van der Waals surface area contributed by atoms with Gasteiger partial charge in [-0.05, 0) is 42.3 Å². The molecule has 35 heavy (non-hydrogen) atoms. The predicted molar refractivity (Wildman–Crippen MR) is 138 cm³/mol.